The SMILES string of the molecule is Oc1ccc(-c2ccccc2)c2c1O2. The topological polar surface area (TPSA) is 32.8 Å². The molecule has 0 aromatic heterocycles. The van der Waals surface area contributed by atoms with Crippen molar-refractivity contribution in [1.82, 2.24) is 0 Å². The molecular weight excluding hydrogens is 176 g/mol. The Morgan fingerprint density at radius 1 is 0.857 bits per heavy atom. The number of rotatable bonds is 1. The maximum Gasteiger partial charge on any atom is 0.212 e. The van der Waals surface area contributed by atoms with Gasteiger partial charge < -0.3 is 9.84 Å². The zero-order valence-corrected chi connectivity index (χ0v) is 7.40. The van der Waals surface area contributed by atoms with E-state index in [1.807, 2.05) is 36.4 Å². The predicted octanol–water partition coefficient (Wildman–Crippen LogP) is 3.16. The Labute approximate surface area is 81.4 Å². The molecule has 0 fully saturated rings. The first kappa shape index (κ1) is 7.44. The molecule has 0 atom stereocenters. The summed E-state index contributed by atoms with van der Waals surface area (Å²) in [6, 6.07) is 13.5. The Balaban J connectivity index is 2.16. The van der Waals surface area contributed by atoms with E-state index in [-0.39, 0.29) is 5.75 Å². The average Bonchev–Trinajstić information content (AvgIpc) is 3.00. The van der Waals surface area contributed by atoms with E-state index < -0.39 is 0 Å². The quantitative estimate of drug-likeness (QED) is 0.589. The molecule has 3 rings (SSSR count). The van der Waals surface area contributed by atoms with Crippen LogP contribution in [0.1, 0.15) is 0 Å². The lowest BCUT2D eigenvalue weighted by Gasteiger charge is -1.96. The van der Waals surface area contributed by atoms with Crippen LogP contribution >= 0.6 is 0 Å². The Morgan fingerprint density at radius 3 is 2.43 bits per heavy atom. The number of fused-ring (bicyclic) bond motifs is 1. The van der Waals surface area contributed by atoms with E-state index >= 15 is 0 Å². The van der Waals surface area contributed by atoms with Crippen LogP contribution in [0.3, 0.4) is 0 Å². The molecule has 1 aliphatic heterocycles. The van der Waals surface area contributed by atoms with Gasteiger partial charge in [-0.2, -0.15) is 0 Å². The molecular formula is C12H8O2. The number of hydrogen-bond acceptors (Lipinski definition) is 2. The van der Waals surface area contributed by atoms with Crippen molar-refractivity contribution in [3.63, 3.8) is 0 Å². The van der Waals surface area contributed by atoms with Gasteiger partial charge in [0.1, 0.15) is 0 Å². The molecule has 2 aromatic carbocycles. The third kappa shape index (κ3) is 0.973. The van der Waals surface area contributed by atoms with Gasteiger partial charge in [0.05, 0.1) is 0 Å². The second-order valence-corrected chi connectivity index (χ2v) is 3.26. The predicted molar refractivity (Wildman–Crippen MR) is 53.6 cm³/mol. The highest BCUT2D eigenvalue weighted by Crippen LogP contribution is 2.57. The van der Waals surface area contributed by atoms with Gasteiger partial charge in [0.2, 0.25) is 5.75 Å². The fourth-order valence-corrected chi connectivity index (χ4v) is 1.58. The molecule has 0 aliphatic carbocycles. The van der Waals surface area contributed by atoms with Crippen LogP contribution in [-0.2, 0) is 0 Å². The third-order valence-corrected chi connectivity index (χ3v) is 2.34. The number of phenolic OH excluding ortho intramolecular Hbond substituents is 1. The zero-order valence-electron chi connectivity index (χ0n) is 7.40. The summed E-state index contributed by atoms with van der Waals surface area (Å²) < 4.78 is 5.20. The highest BCUT2D eigenvalue weighted by atomic mass is 16.6. The molecule has 68 valence electrons. The number of phenols is 1. The molecule has 1 aliphatic rings. The molecule has 0 unspecified atom stereocenters. The lowest BCUT2D eigenvalue weighted by molar-refractivity contribution is 0.463. The smallest absolute Gasteiger partial charge is 0.212 e. The minimum absolute atomic E-state index is 0.222. The normalized spacial score (nSPS) is 11.7. The van der Waals surface area contributed by atoms with Crippen LogP contribution in [0.2, 0.25) is 0 Å². The first-order valence-electron chi connectivity index (χ1n) is 4.45. The van der Waals surface area contributed by atoms with Crippen molar-refractivity contribution < 1.29 is 9.84 Å². The molecule has 0 spiro atoms. The Morgan fingerprint density at radius 2 is 1.64 bits per heavy atom. The van der Waals surface area contributed by atoms with Gasteiger partial charge in [0, 0.05) is 5.56 Å². The van der Waals surface area contributed by atoms with Crippen molar-refractivity contribution in [1.29, 1.82) is 0 Å². The van der Waals surface area contributed by atoms with Gasteiger partial charge >= 0.3 is 0 Å². The average molecular weight is 184 g/mol. The lowest BCUT2D eigenvalue weighted by atomic mass is 10.1. The fraction of sp³-hybridized carbons (Fsp3) is 0. The molecule has 1 heterocycles. The summed E-state index contributed by atoms with van der Waals surface area (Å²) in [6.45, 7) is 0. The summed E-state index contributed by atoms with van der Waals surface area (Å²) in [5, 5.41) is 9.32. The molecule has 2 heteroatoms. The van der Waals surface area contributed by atoms with E-state index in [0.717, 1.165) is 16.9 Å². The number of hydrogen-bond donors (Lipinski definition) is 1. The molecule has 14 heavy (non-hydrogen) atoms. The largest absolute Gasteiger partial charge is 0.504 e. The molecule has 2 aromatic rings. The zero-order chi connectivity index (χ0) is 9.54. The molecule has 0 amide bonds. The molecule has 0 radical (unpaired) electrons. The van der Waals surface area contributed by atoms with Crippen molar-refractivity contribution in [2.75, 3.05) is 0 Å². The molecule has 1 N–H and O–H groups in total. The Kier molecular flexibility index (Phi) is 1.34. The van der Waals surface area contributed by atoms with E-state index in [9.17, 15) is 5.11 Å². The Bertz CT molecular complexity index is 489. The van der Waals surface area contributed by atoms with E-state index in [4.69, 9.17) is 4.74 Å². The second kappa shape index (κ2) is 2.51. The van der Waals surface area contributed by atoms with E-state index in [1.54, 1.807) is 6.07 Å². The molecule has 0 saturated heterocycles. The number of ether oxygens (including phenoxy) is 1. The van der Waals surface area contributed by atoms with Crippen molar-refractivity contribution in [3.8, 4) is 28.4 Å². The van der Waals surface area contributed by atoms with Crippen LogP contribution in [0.25, 0.3) is 11.1 Å². The van der Waals surface area contributed by atoms with Crippen LogP contribution in [0.5, 0.6) is 17.2 Å². The summed E-state index contributed by atoms with van der Waals surface area (Å²) in [5.74, 6) is 1.64. The van der Waals surface area contributed by atoms with Gasteiger partial charge in [-0.15, -0.1) is 0 Å². The molecule has 0 saturated carbocycles. The standard InChI is InChI=1S/C12H8O2/c13-10-7-6-9(11-12(10)14-11)8-4-2-1-3-5-8/h1-7,13H. The van der Waals surface area contributed by atoms with Gasteiger partial charge in [-0.1, -0.05) is 30.3 Å². The van der Waals surface area contributed by atoms with Crippen LogP contribution in [0, 0.1) is 0 Å². The number of aromatic hydroxyl groups is 1. The van der Waals surface area contributed by atoms with E-state index in [2.05, 4.69) is 0 Å². The molecule has 0 bridgehead atoms. The van der Waals surface area contributed by atoms with Crippen LogP contribution in [-0.4, -0.2) is 5.11 Å². The van der Waals surface area contributed by atoms with Crippen molar-refractivity contribution in [3.05, 3.63) is 42.5 Å². The molecule has 2 nitrogen and oxygen atoms in total. The van der Waals surface area contributed by atoms with Crippen molar-refractivity contribution >= 4 is 0 Å². The maximum atomic E-state index is 9.32. The van der Waals surface area contributed by atoms with Crippen molar-refractivity contribution in [2.24, 2.45) is 0 Å². The van der Waals surface area contributed by atoms with Crippen LogP contribution in [0.15, 0.2) is 42.5 Å². The first-order chi connectivity index (χ1) is 6.86. The third-order valence-electron chi connectivity index (χ3n) is 2.34. The minimum atomic E-state index is 0.222. The highest BCUT2D eigenvalue weighted by molar-refractivity contribution is 5.82. The van der Waals surface area contributed by atoms with E-state index in [0.29, 0.717) is 5.75 Å². The summed E-state index contributed by atoms with van der Waals surface area (Å²) >= 11 is 0. The van der Waals surface area contributed by atoms with Gasteiger partial charge in [-0.25, -0.2) is 0 Å². The first-order valence-corrected chi connectivity index (χ1v) is 4.45. The second-order valence-electron chi connectivity index (χ2n) is 3.26. The summed E-state index contributed by atoms with van der Waals surface area (Å²) in [6.07, 6.45) is 0. The summed E-state index contributed by atoms with van der Waals surface area (Å²) in [7, 11) is 0. The van der Waals surface area contributed by atoms with Crippen LogP contribution < -0.4 is 4.74 Å². The van der Waals surface area contributed by atoms with E-state index in [1.165, 1.54) is 0 Å². The Hall–Kier alpha value is -1.96. The van der Waals surface area contributed by atoms with Gasteiger partial charge in [-0.3, -0.25) is 0 Å². The minimum Gasteiger partial charge on any atom is -0.504 e. The van der Waals surface area contributed by atoms with Gasteiger partial charge in [-0.05, 0) is 17.7 Å². The van der Waals surface area contributed by atoms with Crippen LogP contribution in [0.4, 0.5) is 0 Å². The van der Waals surface area contributed by atoms with Gasteiger partial charge in [0.25, 0.3) is 0 Å². The van der Waals surface area contributed by atoms with Gasteiger partial charge in [0.15, 0.2) is 11.5 Å². The fourth-order valence-electron chi connectivity index (χ4n) is 1.58. The number of benzene rings is 2. The lowest BCUT2D eigenvalue weighted by Crippen LogP contribution is -1.72. The highest BCUT2D eigenvalue weighted by Gasteiger charge is 2.29. The summed E-state index contributed by atoms with van der Waals surface area (Å²) in [5.41, 5.74) is 2.15. The monoisotopic (exact) mass is 184 g/mol. The summed E-state index contributed by atoms with van der Waals surface area (Å²) in [4.78, 5) is 0. The van der Waals surface area contributed by atoms with Crippen molar-refractivity contribution in [2.45, 2.75) is 0 Å². The maximum absolute atomic E-state index is 9.32.